The fraction of sp³-hybridized carbons (Fsp3) is 0.583. The maximum absolute atomic E-state index is 12.1. The van der Waals surface area contributed by atoms with Crippen LogP contribution in [0.3, 0.4) is 0 Å². The van der Waals surface area contributed by atoms with E-state index in [2.05, 4.69) is 5.32 Å². The molecule has 0 saturated heterocycles. The number of sulfonamides is 1. The van der Waals surface area contributed by atoms with Crippen molar-refractivity contribution in [1.29, 1.82) is 0 Å². The first-order valence-electron chi connectivity index (χ1n) is 6.28. The molecule has 0 saturated carbocycles. The lowest BCUT2D eigenvalue weighted by molar-refractivity contribution is -0.121. The van der Waals surface area contributed by atoms with Gasteiger partial charge in [-0.3, -0.25) is 4.79 Å². The minimum atomic E-state index is -3.58. The number of thiophene rings is 1. The number of carbonyl (C=O) groups excluding carboxylic acids is 1. The van der Waals surface area contributed by atoms with Crippen LogP contribution in [0.5, 0.6) is 0 Å². The van der Waals surface area contributed by atoms with Crippen LogP contribution in [0.1, 0.15) is 19.8 Å². The highest BCUT2D eigenvalue weighted by atomic mass is 32.2. The SMILES string of the molecule is CC(O)CCCNC(=O)CN(C)S(=O)(=O)c1cccs1. The summed E-state index contributed by atoms with van der Waals surface area (Å²) >= 11 is 1.12. The molecule has 0 spiro atoms. The van der Waals surface area contributed by atoms with Crippen LogP contribution >= 0.6 is 11.3 Å². The van der Waals surface area contributed by atoms with Crippen LogP contribution in [0.25, 0.3) is 0 Å². The first kappa shape index (κ1) is 17.1. The van der Waals surface area contributed by atoms with E-state index in [9.17, 15) is 13.2 Å². The third kappa shape index (κ3) is 5.20. The van der Waals surface area contributed by atoms with Gasteiger partial charge in [-0.05, 0) is 31.2 Å². The Bertz CT molecular complexity index is 512. The van der Waals surface area contributed by atoms with Gasteiger partial charge in [-0.1, -0.05) is 6.07 Å². The number of nitrogens with zero attached hydrogens (tertiary/aromatic N) is 1. The third-order valence-corrected chi connectivity index (χ3v) is 5.82. The van der Waals surface area contributed by atoms with Crippen molar-refractivity contribution in [3.05, 3.63) is 17.5 Å². The molecule has 0 aliphatic carbocycles. The lowest BCUT2D eigenvalue weighted by Gasteiger charge is -2.15. The van der Waals surface area contributed by atoms with Crippen LogP contribution in [0.4, 0.5) is 0 Å². The predicted octanol–water partition coefficient (Wildman–Crippen LogP) is 0.646. The number of rotatable bonds is 8. The van der Waals surface area contributed by atoms with Crippen molar-refractivity contribution in [2.24, 2.45) is 0 Å². The van der Waals surface area contributed by atoms with E-state index in [1.54, 1.807) is 18.4 Å². The number of carbonyl (C=O) groups is 1. The smallest absolute Gasteiger partial charge is 0.252 e. The van der Waals surface area contributed by atoms with Gasteiger partial charge in [0, 0.05) is 13.6 Å². The van der Waals surface area contributed by atoms with Gasteiger partial charge in [0.25, 0.3) is 10.0 Å². The Kier molecular flexibility index (Phi) is 6.60. The molecule has 1 aromatic rings. The second kappa shape index (κ2) is 7.72. The van der Waals surface area contributed by atoms with Crippen molar-refractivity contribution in [2.45, 2.75) is 30.1 Å². The van der Waals surface area contributed by atoms with Crippen molar-refractivity contribution in [3.8, 4) is 0 Å². The molecule has 0 bridgehead atoms. The zero-order valence-electron chi connectivity index (χ0n) is 11.6. The van der Waals surface area contributed by atoms with Gasteiger partial charge in [0.1, 0.15) is 4.21 Å². The summed E-state index contributed by atoms with van der Waals surface area (Å²) in [5.41, 5.74) is 0. The maximum atomic E-state index is 12.1. The van der Waals surface area contributed by atoms with E-state index in [1.807, 2.05) is 0 Å². The van der Waals surface area contributed by atoms with Gasteiger partial charge in [-0.2, -0.15) is 4.31 Å². The lowest BCUT2D eigenvalue weighted by atomic mass is 10.2. The summed E-state index contributed by atoms with van der Waals surface area (Å²) < 4.78 is 25.4. The Balaban J connectivity index is 2.42. The number of aliphatic hydroxyl groups is 1. The van der Waals surface area contributed by atoms with Crippen LogP contribution in [-0.2, 0) is 14.8 Å². The quantitative estimate of drug-likeness (QED) is 0.688. The summed E-state index contributed by atoms with van der Waals surface area (Å²) in [6, 6.07) is 3.17. The lowest BCUT2D eigenvalue weighted by Crippen LogP contribution is -2.38. The molecule has 2 N–H and O–H groups in total. The molecule has 1 atom stereocenters. The van der Waals surface area contributed by atoms with Crippen LogP contribution in [0.15, 0.2) is 21.7 Å². The molecule has 8 heteroatoms. The topological polar surface area (TPSA) is 86.7 Å². The van der Waals surface area contributed by atoms with Crippen molar-refractivity contribution in [1.82, 2.24) is 9.62 Å². The summed E-state index contributed by atoms with van der Waals surface area (Å²) in [4.78, 5) is 11.6. The van der Waals surface area contributed by atoms with E-state index in [-0.39, 0.29) is 16.7 Å². The van der Waals surface area contributed by atoms with Crippen molar-refractivity contribution in [3.63, 3.8) is 0 Å². The third-order valence-electron chi connectivity index (χ3n) is 2.65. The number of hydrogen-bond acceptors (Lipinski definition) is 5. The first-order valence-corrected chi connectivity index (χ1v) is 8.60. The average molecular weight is 320 g/mol. The van der Waals surface area contributed by atoms with Crippen molar-refractivity contribution < 1.29 is 18.3 Å². The molecule has 0 radical (unpaired) electrons. The molecule has 0 aliphatic rings. The monoisotopic (exact) mass is 320 g/mol. The molecule has 114 valence electrons. The Labute approximate surface area is 123 Å². The predicted molar refractivity (Wildman–Crippen MR) is 78.1 cm³/mol. The van der Waals surface area contributed by atoms with Gasteiger partial charge in [0.15, 0.2) is 0 Å². The number of amides is 1. The van der Waals surface area contributed by atoms with E-state index in [4.69, 9.17) is 5.11 Å². The van der Waals surface area contributed by atoms with E-state index in [1.165, 1.54) is 13.1 Å². The summed E-state index contributed by atoms with van der Waals surface area (Å²) in [5, 5.41) is 13.4. The van der Waals surface area contributed by atoms with E-state index in [0.717, 1.165) is 15.6 Å². The van der Waals surface area contributed by atoms with Crippen molar-refractivity contribution in [2.75, 3.05) is 20.1 Å². The van der Waals surface area contributed by atoms with E-state index >= 15 is 0 Å². The molecule has 1 heterocycles. The minimum Gasteiger partial charge on any atom is -0.393 e. The highest BCUT2D eigenvalue weighted by Crippen LogP contribution is 2.19. The van der Waals surface area contributed by atoms with Gasteiger partial charge in [0.2, 0.25) is 5.91 Å². The molecule has 1 rings (SSSR count). The molecule has 0 fully saturated rings. The molecule has 1 aromatic heterocycles. The largest absolute Gasteiger partial charge is 0.393 e. The number of nitrogens with one attached hydrogen (secondary N) is 1. The molecule has 0 aliphatic heterocycles. The zero-order chi connectivity index (χ0) is 15.2. The summed E-state index contributed by atoms with van der Waals surface area (Å²) in [6.07, 6.45) is 0.864. The summed E-state index contributed by atoms with van der Waals surface area (Å²) in [7, 11) is -2.20. The second-order valence-corrected chi connectivity index (χ2v) is 7.75. The van der Waals surface area contributed by atoms with Gasteiger partial charge in [-0.15, -0.1) is 11.3 Å². The molecular weight excluding hydrogens is 300 g/mol. The maximum Gasteiger partial charge on any atom is 0.252 e. The fourth-order valence-corrected chi connectivity index (χ4v) is 3.86. The van der Waals surface area contributed by atoms with Crippen LogP contribution in [-0.4, -0.2) is 50.0 Å². The molecule has 20 heavy (non-hydrogen) atoms. The molecule has 0 aromatic carbocycles. The summed E-state index contributed by atoms with van der Waals surface area (Å²) in [6.45, 7) is 1.90. The number of likely N-dealkylation sites (N-methyl/N-ethyl adjacent to an activating group) is 1. The Morgan fingerprint density at radius 2 is 2.25 bits per heavy atom. The zero-order valence-corrected chi connectivity index (χ0v) is 13.2. The van der Waals surface area contributed by atoms with E-state index in [0.29, 0.717) is 19.4 Å². The Hall–Kier alpha value is -0.960. The van der Waals surface area contributed by atoms with Crippen molar-refractivity contribution >= 4 is 27.3 Å². The standard InChI is InChI=1S/C12H20N2O4S2/c1-10(15)5-3-7-13-11(16)9-14(2)20(17,18)12-6-4-8-19-12/h4,6,8,10,15H,3,5,7,9H2,1-2H3,(H,13,16). The normalized spacial score (nSPS) is 13.4. The fourth-order valence-electron chi connectivity index (χ4n) is 1.53. The van der Waals surface area contributed by atoms with Crippen LogP contribution in [0, 0.1) is 0 Å². The van der Waals surface area contributed by atoms with Gasteiger partial charge >= 0.3 is 0 Å². The highest BCUT2D eigenvalue weighted by molar-refractivity contribution is 7.91. The Morgan fingerprint density at radius 1 is 1.55 bits per heavy atom. The number of hydrogen-bond donors (Lipinski definition) is 2. The van der Waals surface area contributed by atoms with Crippen LogP contribution in [0.2, 0.25) is 0 Å². The van der Waals surface area contributed by atoms with Gasteiger partial charge in [0.05, 0.1) is 12.6 Å². The van der Waals surface area contributed by atoms with Gasteiger partial charge in [-0.25, -0.2) is 8.42 Å². The molecule has 1 unspecified atom stereocenters. The Morgan fingerprint density at radius 3 is 2.80 bits per heavy atom. The first-order chi connectivity index (χ1) is 9.34. The van der Waals surface area contributed by atoms with E-state index < -0.39 is 16.1 Å². The molecule has 6 nitrogen and oxygen atoms in total. The van der Waals surface area contributed by atoms with Crippen LogP contribution < -0.4 is 5.32 Å². The van der Waals surface area contributed by atoms with Gasteiger partial charge < -0.3 is 10.4 Å². The second-order valence-electron chi connectivity index (χ2n) is 4.53. The summed E-state index contributed by atoms with van der Waals surface area (Å²) in [5.74, 6) is -0.349. The molecule has 1 amide bonds. The number of aliphatic hydroxyl groups excluding tert-OH is 1. The highest BCUT2D eigenvalue weighted by Gasteiger charge is 2.23. The molecular formula is C12H20N2O4S2. The average Bonchev–Trinajstić information content (AvgIpc) is 2.88. The minimum absolute atomic E-state index is 0.213.